The molecule has 0 aliphatic carbocycles. The molecule has 0 saturated heterocycles. The van der Waals surface area contributed by atoms with Crippen LogP contribution in [0.4, 0.5) is 0 Å². The van der Waals surface area contributed by atoms with Crippen LogP contribution in [0.5, 0.6) is 0 Å². The molecule has 2 rings (SSSR count). The summed E-state index contributed by atoms with van der Waals surface area (Å²) in [5.74, 6) is 3.01. The predicted molar refractivity (Wildman–Crippen MR) is 69.9 cm³/mol. The normalized spacial score (nSPS) is 11.3. The maximum Gasteiger partial charge on any atom is 0.122 e. The van der Waals surface area contributed by atoms with Crippen molar-refractivity contribution in [1.29, 1.82) is 0 Å². The van der Waals surface area contributed by atoms with Gasteiger partial charge in [0.15, 0.2) is 0 Å². The molecule has 2 aromatic rings. The molecule has 0 bridgehead atoms. The number of aryl methyl sites for hydroxylation is 1. The van der Waals surface area contributed by atoms with Crippen LogP contribution in [0.2, 0.25) is 0 Å². The van der Waals surface area contributed by atoms with E-state index in [1.165, 1.54) is 0 Å². The Morgan fingerprint density at radius 3 is 2.78 bits per heavy atom. The summed E-state index contributed by atoms with van der Waals surface area (Å²) in [7, 11) is 5.98. The Morgan fingerprint density at radius 1 is 1.33 bits per heavy atom. The van der Waals surface area contributed by atoms with E-state index >= 15 is 0 Å². The predicted octanol–water partition coefficient (Wildman–Crippen LogP) is 1.36. The Morgan fingerprint density at radius 2 is 2.11 bits per heavy atom. The summed E-state index contributed by atoms with van der Waals surface area (Å²) >= 11 is 0. The van der Waals surface area contributed by atoms with Gasteiger partial charge in [-0.15, -0.1) is 0 Å². The molecular weight excluding hydrogens is 228 g/mol. The molecule has 0 aromatic carbocycles. The van der Waals surface area contributed by atoms with Crippen LogP contribution in [-0.2, 0) is 26.7 Å². The highest BCUT2D eigenvalue weighted by Crippen LogP contribution is 2.11. The van der Waals surface area contributed by atoms with Gasteiger partial charge in [0.25, 0.3) is 0 Å². The largest absolute Gasteiger partial charge is 0.463 e. The number of hydrogen-bond donors (Lipinski definition) is 1. The highest BCUT2D eigenvalue weighted by Gasteiger charge is 2.08. The molecule has 0 fully saturated rings. The van der Waals surface area contributed by atoms with E-state index in [1.807, 2.05) is 43.2 Å². The molecular formula is C13H20N4O. The Bertz CT molecular complexity index is 489. The lowest BCUT2D eigenvalue weighted by Crippen LogP contribution is -2.19. The van der Waals surface area contributed by atoms with Crippen molar-refractivity contribution in [3.8, 4) is 0 Å². The van der Waals surface area contributed by atoms with Gasteiger partial charge < -0.3 is 14.3 Å². The minimum absolute atomic E-state index is 0.767. The van der Waals surface area contributed by atoms with Crippen LogP contribution in [0.3, 0.4) is 0 Å². The van der Waals surface area contributed by atoms with E-state index in [1.54, 1.807) is 0 Å². The van der Waals surface area contributed by atoms with Gasteiger partial charge in [-0.2, -0.15) is 0 Å². The third kappa shape index (κ3) is 3.21. The van der Waals surface area contributed by atoms with Crippen molar-refractivity contribution in [2.24, 2.45) is 7.05 Å². The monoisotopic (exact) mass is 248 g/mol. The fraction of sp³-hybridized carbons (Fsp3) is 0.462. The molecule has 0 amide bonds. The Hall–Kier alpha value is -1.59. The smallest absolute Gasteiger partial charge is 0.122 e. The van der Waals surface area contributed by atoms with Crippen LogP contribution in [0.25, 0.3) is 0 Å². The zero-order valence-electron chi connectivity index (χ0n) is 11.2. The standard InChI is InChI=1S/C13H20N4O/c1-14-8-11-4-5-12(18-11)9-16(2)10-13-15-6-7-17(13)3/h4-7,14H,8-10H2,1-3H3. The van der Waals surface area contributed by atoms with E-state index < -0.39 is 0 Å². The van der Waals surface area contributed by atoms with E-state index in [-0.39, 0.29) is 0 Å². The van der Waals surface area contributed by atoms with E-state index in [0.29, 0.717) is 0 Å². The second-order valence-corrected chi connectivity index (χ2v) is 4.53. The summed E-state index contributed by atoms with van der Waals surface area (Å²) < 4.78 is 7.75. The molecule has 2 heterocycles. The van der Waals surface area contributed by atoms with E-state index in [4.69, 9.17) is 4.42 Å². The summed E-state index contributed by atoms with van der Waals surface area (Å²) in [6, 6.07) is 4.04. The van der Waals surface area contributed by atoms with Crippen molar-refractivity contribution in [2.75, 3.05) is 14.1 Å². The molecule has 0 spiro atoms. The highest BCUT2D eigenvalue weighted by molar-refractivity contribution is 5.07. The number of nitrogens with one attached hydrogen (secondary N) is 1. The van der Waals surface area contributed by atoms with Crippen molar-refractivity contribution in [3.63, 3.8) is 0 Å². The van der Waals surface area contributed by atoms with Gasteiger partial charge in [0.05, 0.1) is 19.6 Å². The zero-order valence-corrected chi connectivity index (χ0v) is 11.2. The molecule has 18 heavy (non-hydrogen) atoms. The lowest BCUT2D eigenvalue weighted by molar-refractivity contribution is 0.274. The van der Waals surface area contributed by atoms with Crippen molar-refractivity contribution < 1.29 is 4.42 Å². The van der Waals surface area contributed by atoms with Gasteiger partial charge in [0, 0.05) is 19.4 Å². The molecule has 5 heteroatoms. The van der Waals surface area contributed by atoms with Crippen molar-refractivity contribution in [3.05, 3.63) is 41.9 Å². The fourth-order valence-corrected chi connectivity index (χ4v) is 1.89. The van der Waals surface area contributed by atoms with Gasteiger partial charge >= 0.3 is 0 Å². The van der Waals surface area contributed by atoms with Crippen molar-refractivity contribution in [2.45, 2.75) is 19.6 Å². The van der Waals surface area contributed by atoms with Gasteiger partial charge in [0.1, 0.15) is 17.3 Å². The highest BCUT2D eigenvalue weighted by atomic mass is 16.3. The molecule has 0 aliphatic heterocycles. The van der Waals surface area contributed by atoms with Gasteiger partial charge in [-0.1, -0.05) is 0 Å². The first kappa shape index (κ1) is 12.9. The van der Waals surface area contributed by atoms with Crippen LogP contribution in [-0.4, -0.2) is 28.5 Å². The van der Waals surface area contributed by atoms with Gasteiger partial charge in [0.2, 0.25) is 0 Å². The maximum atomic E-state index is 5.71. The van der Waals surface area contributed by atoms with E-state index in [9.17, 15) is 0 Å². The maximum absolute atomic E-state index is 5.71. The average molecular weight is 248 g/mol. The second-order valence-electron chi connectivity index (χ2n) is 4.53. The van der Waals surface area contributed by atoms with Gasteiger partial charge in [-0.05, 0) is 26.2 Å². The minimum Gasteiger partial charge on any atom is -0.463 e. The molecule has 2 aromatic heterocycles. The van der Waals surface area contributed by atoms with Crippen LogP contribution < -0.4 is 5.32 Å². The van der Waals surface area contributed by atoms with Crippen LogP contribution >= 0.6 is 0 Å². The summed E-state index contributed by atoms with van der Waals surface area (Å²) in [4.78, 5) is 6.50. The Balaban J connectivity index is 1.90. The Labute approximate surface area is 107 Å². The molecule has 0 aliphatic rings. The number of nitrogens with zero attached hydrogens (tertiary/aromatic N) is 3. The molecule has 1 N–H and O–H groups in total. The minimum atomic E-state index is 0.767. The zero-order chi connectivity index (χ0) is 13.0. The van der Waals surface area contributed by atoms with Crippen molar-refractivity contribution in [1.82, 2.24) is 19.8 Å². The third-order valence-corrected chi connectivity index (χ3v) is 2.83. The number of aromatic nitrogens is 2. The van der Waals surface area contributed by atoms with Crippen LogP contribution in [0, 0.1) is 0 Å². The van der Waals surface area contributed by atoms with Crippen LogP contribution in [0.15, 0.2) is 28.9 Å². The molecule has 0 unspecified atom stereocenters. The lowest BCUT2D eigenvalue weighted by atomic mass is 10.4. The summed E-state index contributed by atoms with van der Waals surface area (Å²) in [6.45, 7) is 2.37. The van der Waals surface area contributed by atoms with Crippen LogP contribution in [0.1, 0.15) is 17.3 Å². The Kier molecular flexibility index (Phi) is 4.17. The molecule has 0 saturated carbocycles. The average Bonchev–Trinajstić information content (AvgIpc) is 2.90. The first-order valence-electron chi connectivity index (χ1n) is 6.06. The lowest BCUT2D eigenvalue weighted by Gasteiger charge is -2.14. The second kappa shape index (κ2) is 5.84. The SMILES string of the molecule is CNCc1ccc(CN(C)Cc2nccn2C)o1. The van der Waals surface area contributed by atoms with E-state index in [0.717, 1.165) is 37.0 Å². The van der Waals surface area contributed by atoms with Gasteiger partial charge in [-0.25, -0.2) is 4.98 Å². The summed E-state index contributed by atoms with van der Waals surface area (Å²) in [6.07, 6.45) is 3.78. The summed E-state index contributed by atoms with van der Waals surface area (Å²) in [5.41, 5.74) is 0. The quantitative estimate of drug-likeness (QED) is 0.838. The summed E-state index contributed by atoms with van der Waals surface area (Å²) in [5, 5.41) is 3.07. The first-order valence-corrected chi connectivity index (χ1v) is 6.06. The topological polar surface area (TPSA) is 46.2 Å². The number of hydrogen-bond acceptors (Lipinski definition) is 4. The van der Waals surface area contributed by atoms with Gasteiger partial charge in [-0.3, -0.25) is 4.90 Å². The van der Waals surface area contributed by atoms with E-state index in [2.05, 4.69) is 22.2 Å². The molecule has 5 nitrogen and oxygen atoms in total. The molecule has 98 valence electrons. The van der Waals surface area contributed by atoms with Crippen molar-refractivity contribution >= 4 is 0 Å². The molecule has 0 atom stereocenters. The molecule has 0 radical (unpaired) electrons. The number of furan rings is 1. The fourth-order valence-electron chi connectivity index (χ4n) is 1.89. The first-order chi connectivity index (χ1) is 8.69. The third-order valence-electron chi connectivity index (χ3n) is 2.83. The number of imidazole rings is 1. The number of rotatable bonds is 6.